The Balaban J connectivity index is 1.88. The maximum atomic E-state index is 10.7. The summed E-state index contributed by atoms with van der Waals surface area (Å²) in [4.78, 5) is 10.7. The molecular weight excluding hydrogens is 244 g/mol. The van der Waals surface area contributed by atoms with E-state index < -0.39 is 0 Å². The molecule has 0 aliphatic heterocycles. The third kappa shape index (κ3) is 3.94. The first-order chi connectivity index (χ1) is 9.67. The van der Waals surface area contributed by atoms with Gasteiger partial charge in [0, 0.05) is 5.56 Å². The van der Waals surface area contributed by atoms with Crippen molar-refractivity contribution >= 4 is 6.29 Å². The van der Waals surface area contributed by atoms with E-state index in [1.165, 1.54) is 56.9 Å². The summed E-state index contributed by atoms with van der Waals surface area (Å²) >= 11 is 0. The third-order valence-electron chi connectivity index (χ3n) is 5.12. The Morgan fingerprint density at radius 3 is 2.35 bits per heavy atom. The number of carbonyl (C=O) groups is 1. The van der Waals surface area contributed by atoms with E-state index in [1.54, 1.807) is 0 Å². The van der Waals surface area contributed by atoms with Gasteiger partial charge in [0.05, 0.1) is 0 Å². The second-order valence-electron chi connectivity index (χ2n) is 6.83. The van der Waals surface area contributed by atoms with Gasteiger partial charge >= 0.3 is 0 Å². The summed E-state index contributed by atoms with van der Waals surface area (Å²) < 4.78 is 0. The summed E-state index contributed by atoms with van der Waals surface area (Å²) in [6.45, 7) is 4.76. The Bertz CT molecular complexity index is 410. The summed E-state index contributed by atoms with van der Waals surface area (Å²) in [6, 6.07) is 8.21. The van der Waals surface area contributed by atoms with E-state index in [-0.39, 0.29) is 0 Å². The van der Waals surface area contributed by atoms with Crippen molar-refractivity contribution in [3.8, 4) is 0 Å². The lowest BCUT2D eigenvalue weighted by Crippen LogP contribution is -2.23. The van der Waals surface area contributed by atoms with Gasteiger partial charge in [-0.1, -0.05) is 57.4 Å². The van der Waals surface area contributed by atoms with Crippen LogP contribution in [0, 0.1) is 5.41 Å². The molecule has 0 N–H and O–H groups in total. The first-order valence-electron chi connectivity index (χ1n) is 8.22. The molecule has 0 aromatic heterocycles. The molecular formula is C19H28O. The minimum absolute atomic E-state index is 0.578. The van der Waals surface area contributed by atoms with E-state index >= 15 is 0 Å². The molecule has 110 valence electrons. The maximum Gasteiger partial charge on any atom is 0.150 e. The summed E-state index contributed by atoms with van der Waals surface area (Å²) in [5.74, 6) is 0.704. The van der Waals surface area contributed by atoms with Gasteiger partial charge in [-0.2, -0.15) is 0 Å². The Morgan fingerprint density at radius 2 is 1.80 bits per heavy atom. The predicted octanol–water partition coefficient (Wildman–Crippen LogP) is 5.74. The van der Waals surface area contributed by atoms with E-state index in [0.717, 1.165) is 11.8 Å². The number of hydrogen-bond donors (Lipinski definition) is 0. The molecule has 1 aromatic carbocycles. The highest BCUT2D eigenvalue weighted by Gasteiger charge is 2.30. The van der Waals surface area contributed by atoms with E-state index in [4.69, 9.17) is 0 Å². The van der Waals surface area contributed by atoms with Crippen molar-refractivity contribution in [1.82, 2.24) is 0 Å². The van der Waals surface area contributed by atoms with Crippen LogP contribution in [0.4, 0.5) is 0 Å². The Labute approximate surface area is 123 Å². The van der Waals surface area contributed by atoms with Crippen molar-refractivity contribution in [2.45, 2.75) is 71.1 Å². The topological polar surface area (TPSA) is 17.1 Å². The largest absolute Gasteiger partial charge is 0.298 e. The van der Waals surface area contributed by atoms with Gasteiger partial charge in [0.15, 0.2) is 0 Å². The zero-order chi connectivity index (χ0) is 14.4. The van der Waals surface area contributed by atoms with Crippen LogP contribution in [0.15, 0.2) is 24.3 Å². The third-order valence-corrected chi connectivity index (χ3v) is 5.12. The Kier molecular flexibility index (Phi) is 5.39. The van der Waals surface area contributed by atoms with Crippen LogP contribution in [-0.4, -0.2) is 6.29 Å². The highest BCUT2D eigenvalue weighted by Crippen LogP contribution is 2.45. The van der Waals surface area contributed by atoms with Gasteiger partial charge in [-0.25, -0.2) is 0 Å². The second-order valence-corrected chi connectivity index (χ2v) is 6.83. The minimum atomic E-state index is 0.578. The van der Waals surface area contributed by atoms with E-state index in [0.29, 0.717) is 11.3 Å². The number of hydrogen-bond acceptors (Lipinski definition) is 1. The number of carbonyl (C=O) groups excluding carboxylic acids is 1. The SMILES string of the molecule is CCCCCC1(C)CCC(c2ccc(C=O)cc2)CC1. The molecule has 0 radical (unpaired) electrons. The number of rotatable bonds is 6. The van der Waals surface area contributed by atoms with Crippen LogP contribution in [-0.2, 0) is 0 Å². The zero-order valence-electron chi connectivity index (χ0n) is 13.0. The van der Waals surface area contributed by atoms with Gasteiger partial charge in [0.2, 0.25) is 0 Å². The van der Waals surface area contributed by atoms with Gasteiger partial charge in [0.25, 0.3) is 0 Å². The number of benzene rings is 1. The molecule has 20 heavy (non-hydrogen) atoms. The highest BCUT2D eigenvalue weighted by atomic mass is 16.1. The molecule has 0 bridgehead atoms. The second kappa shape index (κ2) is 7.06. The first-order valence-corrected chi connectivity index (χ1v) is 8.22. The minimum Gasteiger partial charge on any atom is -0.298 e. The Hall–Kier alpha value is -1.11. The first kappa shape index (κ1) is 15.3. The molecule has 2 rings (SSSR count). The molecule has 1 fully saturated rings. The molecule has 1 saturated carbocycles. The van der Waals surface area contributed by atoms with Crippen LogP contribution in [0.2, 0.25) is 0 Å². The summed E-state index contributed by atoms with van der Waals surface area (Å²) in [5, 5.41) is 0. The van der Waals surface area contributed by atoms with Gasteiger partial charge in [-0.15, -0.1) is 0 Å². The zero-order valence-corrected chi connectivity index (χ0v) is 13.0. The van der Waals surface area contributed by atoms with Crippen molar-refractivity contribution in [1.29, 1.82) is 0 Å². The van der Waals surface area contributed by atoms with Crippen molar-refractivity contribution in [3.63, 3.8) is 0 Å². The predicted molar refractivity (Wildman–Crippen MR) is 85.3 cm³/mol. The molecule has 0 spiro atoms. The fraction of sp³-hybridized carbons (Fsp3) is 0.632. The van der Waals surface area contributed by atoms with Gasteiger partial charge in [-0.3, -0.25) is 4.79 Å². The van der Waals surface area contributed by atoms with E-state index in [2.05, 4.69) is 26.0 Å². The standard InChI is InChI=1S/C19H28O/c1-3-4-5-12-19(2)13-10-18(11-14-19)17-8-6-16(15-20)7-9-17/h6-9,15,18H,3-5,10-14H2,1-2H3. The average molecular weight is 272 g/mol. The lowest BCUT2D eigenvalue weighted by Gasteiger charge is -2.38. The average Bonchev–Trinajstić information content (AvgIpc) is 2.48. The van der Waals surface area contributed by atoms with E-state index in [9.17, 15) is 4.79 Å². The monoisotopic (exact) mass is 272 g/mol. The van der Waals surface area contributed by atoms with Crippen molar-refractivity contribution < 1.29 is 4.79 Å². The molecule has 0 heterocycles. The summed E-state index contributed by atoms with van der Waals surface area (Å²) in [6.07, 6.45) is 11.8. The van der Waals surface area contributed by atoms with Gasteiger partial charge in [0.1, 0.15) is 6.29 Å². The van der Waals surface area contributed by atoms with Gasteiger partial charge in [-0.05, 0) is 49.0 Å². The van der Waals surface area contributed by atoms with E-state index in [1.807, 2.05) is 12.1 Å². The van der Waals surface area contributed by atoms with Gasteiger partial charge < -0.3 is 0 Å². The quantitative estimate of drug-likeness (QED) is 0.476. The molecule has 0 amide bonds. The molecule has 1 nitrogen and oxygen atoms in total. The van der Waals surface area contributed by atoms with Crippen LogP contribution in [0.1, 0.15) is 87.1 Å². The number of unbranched alkanes of at least 4 members (excludes halogenated alkanes) is 2. The molecule has 0 unspecified atom stereocenters. The molecule has 1 aromatic rings. The van der Waals surface area contributed by atoms with Crippen LogP contribution < -0.4 is 0 Å². The maximum absolute atomic E-state index is 10.7. The van der Waals surface area contributed by atoms with Crippen molar-refractivity contribution in [3.05, 3.63) is 35.4 Å². The smallest absolute Gasteiger partial charge is 0.150 e. The lowest BCUT2D eigenvalue weighted by atomic mass is 9.68. The molecule has 1 aliphatic rings. The summed E-state index contributed by atoms with van der Waals surface area (Å²) in [5.41, 5.74) is 2.79. The van der Waals surface area contributed by atoms with Crippen LogP contribution in [0.5, 0.6) is 0 Å². The fourth-order valence-corrected chi connectivity index (χ4v) is 3.55. The van der Waals surface area contributed by atoms with Crippen molar-refractivity contribution in [2.75, 3.05) is 0 Å². The number of aldehydes is 1. The molecule has 1 heteroatoms. The molecule has 0 saturated heterocycles. The van der Waals surface area contributed by atoms with Crippen LogP contribution in [0.3, 0.4) is 0 Å². The molecule has 1 aliphatic carbocycles. The van der Waals surface area contributed by atoms with Crippen molar-refractivity contribution in [2.24, 2.45) is 5.41 Å². The lowest BCUT2D eigenvalue weighted by molar-refractivity contribution is 0.112. The van der Waals surface area contributed by atoms with Crippen LogP contribution in [0.25, 0.3) is 0 Å². The van der Waals surface area contributed by atoms with Crippen LogP contribution >= 0.6 is 0 Å². The highest BCUT2D eigenvalue weighted by molar-refractivity contribution is 5.74. The molecule has 0 atom stereocenters. The summed E-state index contributed by atoms with van der Waals surface area (Å²) in [7, 11) is 0. The Morgan fingerprint density at radius 1 is 1.15 bits per heavy atom. The normalized spacial score (nSPS) is 26.4. The fourth-order valence-electron chi connectivity index (χ4n) is 3.55.